The van der Waals surface area contributed by atoms with Gasteiger partial charge in [0.25, 0.3) is 0 Å². The Morgan fingerprint density at radius 3 is 3.00 bits per heavy atom. The average molecular weight is 177 g/mol. The Morgan fingerprint density at radius 1 is 1.54 bits per heavy atom. The monoisotopic (exact) mass is 177 g/mol. The first-order chi connectivity index (χ1) is 6.25. The van der Waals surface area contributed by atoms with Gasteiger partial charge in [-0.2, -0.15) is 0 Å². The van der Waals surface area contributed by atoms with Crippen LogP contribution in [-0.4, -0.2) is 17.4 Å². The predicted molar refractivity (Wildman–Crippen MR) is 49.1 cm³/mol. The molecular formula is C9H11N3O. The molecule has 1 fully saturated rings. The molecule has 2 rings (SSSR count). The second kappa shape index (κ2) is 3.05. The normalized spacial score (nSPS) is 16.1. The Kier molecular flexibility index (Phi) is 1.88. The Balaban J connectivity index is 2.21. The molecule has 1 amide bonds. The van der Waals surface area contributed by atoms with Crippen LogP contribution < -0.4 is 10.4 Å². The maximum atomic E-state index is 10.9. The van der Waals surface area contributed by atoms with Gasteiger partial charge in [0.1, 0.15) is 5.82 Å². The Hall–Kier alpha value is -1.58. The number of hydrogen-bond donors (Lipinski definition) is 1. The van der Waals surface area contributed by atoms with Crippen LogP contribution in [0.2, 0.25) is 0 Å². The second-order valence-electron chi connectivity index (χ2n) is 3.07. The Bertz CT molecular complexity index is 337. The van der Waals surface area contributed by atoms with Gasteiger partial charge in [0.15, 0.2) is 0 Å². The summed E-state index contributed by atoms with van der Waals surface area (Å²) in [4.78, 5) is 15.2. The molecule has 0 unspecified atom stereocenters. The minimum absolute atomic E-state index is 0.0586. The molecule has 0 bridgehead atoms. The average Bonchev–Trinajstić information content (AvgIpc) is 2.52. The van der Waals surface area contributed by atoms with Crippen LogP contribution in [0.15, 0.2) is 18.2 Å². The van der Waals surface area contributed by atoms with Crippen molar-refractivity contribution in [3.8, 4) is 0 Å². The van der Waals surface area contributed by atoms with E-state index in [9.17, 15) is 4.79 Å². The zero-order valence-electron chi connectivity index (χ0n) is 7.45. The molecule has 0 saturated carbocycles. The predicted octanol–water partition coefficient (Wildman–Crippen LogP) is 0.631. The van der Waals surface area contributed by atoms with E-state index in [0.717, 1.165) is 11.5 Å². The van der Waals surface area contributed by atoms with Crippen molar-refractivity contribution in [1.82, 2.24) is 10.4 Å². The third-order valence-electron chi connectivity index (χ3n) is 1.97. The summed E-state index contributed by atoms with van der Waals surface area (Å²) >= 11 is 0. The third kappa shape index (κ3) is 1.61. The number of aromatic nitrogens is 1. The number of nitrogens with zero attached hydrogens (tertiary/aromatic N) is 2. The molecule has 0 aromatic carbocycles. The van der Waals surface area contributed by atoms with Crippen LogP contribution in [0.3, 0.4) is 0 Å². The fourth-order valence-electron chi connectivity index (χ4n) is 1.33. The summed E-state index contributed by atoms with van der Waals surface area (Å²) in [6.07, 6.45) is 0.551. The van der Waals surface area contributed by atoms with Crippen molar-refractivity contribution < 1.29 is 4.79 Å². The molecule has 1 aromatic heterocycles. The molecule has 1 N–H and O–H groups in total. The summed E-state index contributed by atoms with van der Waals surface area (Å²) in [5.74, 6) is 0.870. The molecule has 1 saturated heterocycles. The lowest BCUT2D eigenvalue weighted by atomic mass is 10.3. The number of anilines is 1. The van der Waals surface area contributed by atoms with Crippen molar-refractivity contribution in [3.05, 3.63) is 23.9 Å². The zero-order chi connectivity index (χ0) is 9.26. The molecule has 1 aromatic rings. The molecule has 2 heterocycles. The van der Waals surface area contributed by atoms with E-state index in [1.54, 1.807) is 5.01 Å². The van der Waals surface area contributed by atoms with Crippen molar-refractivity contribution in [2.75, 3.05) is 11.6 Å². The summed E-state index contributed by atoms with van der Waals surface area (Å²) in [5, 5.41) is 1.77. The summed E-state index contributed by atoms with van der Waals surface area (Å²) in [6, 6.07) is 5.75. The van der Waals surface area contributed by atoms with Crippen LogP contribution in [0.4, 0.5) is 5.82 Å². The molecule has 0 atom stereocenters. The minimum atomic E-state index is 0.0586. The fraction of sp³-hybridized carbons (Fsp3) is 0.333. The molecular weight excluding hydrogens is 166 g/mol. The van der Waals surface area contributed by atoms with Gasteiger partial charge >= 0.3 is 0 Å². The van der Waals surface area contributed by atoms with E-state index >= 15 is 0 Å². The summed E-state index contributed by atoms with van der Waals surface area (Å²) < 4.78 is 0. The van der Waals surface area contributed by atoms with E-state index in [4.69, 9.17) is 0 Å². The zero-order valence-corrected chi connectivity index (χ0v) is 7.45. The summed E-state index contributed by atoms with van der Waals surface area (Å²) in [6.45, 7) is 2.64. The highest BCUT2D eigenvalue weighted by Gasteiger charge is 2.19. The van der Waals surface area contributed by atoms with Crippen molar-refractivity contribution in [2.45, 2.75) is 13.3 Å². The van der Waals surface area contributed by atoms with Gasteiger partial charge in [-0.05, 0) is 19.1 Å². The Labute approximate surface area is 76.5 Å². The molecule has 1 aliphatic rings. The first-order valence-corrected chi connectivity index (χ1v) is 4.26. The van der Waals surface area contributed by atoms with E-state index < -0.39 is 0 Å². The van der Waals surface area contributed by atoms with Crippen LogP contribution in [-0.2, 0) is 4.79 Å². The van der Waals surface area contributed by atoms with Crippen LogP contribution in [0.5, 0.6) is 0 Å². The van der Waals surface area contributed by atoms with Gasteiger partial charge in [-0.3, -0.25) is 15.2 Å². The topological polar surface area (TPSA) is 45.2 Å². The first kappa shape index (κ1) is 8.04. The second-order valence-corrected chi connectivity index (χ2v) is 3.07. The number of hydrogen-bond acceptors (Lipinski definition) is 3. The maximum Gasteiger partial charge on any atom is 0.240 e. The number of pyridine rings is 1. The first-order valence-electron chi connectivity index (χ1n) is 4.26. The molecule has 13 heavy (non-hydrogen) atoms. The number of hydrazine groups is 1. The third-order valence-corrected chi connectivity index (χ3v) is 1.97. The molecule has 4 heteroatoms. The molecule has 0 radical (unpaired) electrons. The number of nitrogens with one attached hydrogen (secondary N) is 1. The van der Waals surface area contributed by atoms with E-state index in [1.165, 1.54) is 0 Å². The van der Waals surface area contributed by atoms with Crippen LogP contribution >= 0.6 is 0 Å². The van der Waals surface area contributed by atoms with Crippen molar-refractivity contribution >= 4 is 11.7 Å². The van der Waals surface area contributed by atoms with Gasteiger partial charge in [0, 0.05) is 18.7 Å². The number of carbonyl (C=O) groups is 1. The van der Waals surface area contributed by atoms with Crippen molar-refractivity contribution in [3.63, 3.8) is 0 Å². The van der Waals surface area contributed by atoms with Gasteiger partial charge in [-0.15, -0.1) is 0 Å². The largest absolute Gasteiger partial charge is 0.273 e. The molecule has 0 aliphatic carbocycles. The van der Waals surface area contributed by atoms with Crippen molar-refractivity contribution in [1.29, 1.82) is 0 Å². The van der Waals surface area contributed by atoms with Crippen molar-refractivity contribution in [2.24, 2.45) is 0 Å². The van der Waals surface area contributed by atoms with Gasteiger partial charge < -0.3 is 0 Å². The standard InChI is InChI=1S/C9H11N3O/c1-7-3-2-4-8(10-7)12-6-5-9(13)11-12/h2-4H,5-6H2,1H3,(H,11,13). The van der Waals surface area contributed by atoms with E-state index in [-0.39, 0.29) is 5.91 Å². The summed E-state index contributed by atoms with van der Waals surface area (Å²) in [5.41, 5.74) is 3.69. The number of carbonyl (C=O) groups excluding carboxylic acids is 1. The van der Waals surface area contributed by atoms with E-state index in [2.05, 4.69) is 10.4 Å². The maximum absolute atomic E-state index is 10.9. The highest BCUT2D eigenvalue weighted by molar-refractivity contribution is 5.81. The highest BCUT2D eigenvalue weighted by Crippen LogP contribution is 2.12. The quantitative estimate of drug-likeness (QED) is 0.684. The van der Waals surface area contributed by atoms with Crippen LogP contribution in [0, 0.1) is 6.92 Å². The molecule has 4 nitrogen and oxygen atoms in total. The van der Waals surface area contributed by atoms with Crippen LogP contribution in [0.25, 0.3) is 0 Å². The molecule has 1 aliphatic heterocycles. The van der Waals surface area contributed by atoms with Gasteiger partial charge in [0.2, 0.25) is 5.91 Å². The number of rotatable bonds is 1. The summed E-state index contributed by atoms with van der Waals surface area (Å²) in [7, 11) is 0. The highest BCUT2D eigenvalue weighted by atomic mass is 16.2. The Morgan fingerprint density at radius 2 is 2.38 bits per heavy atom. The number of amides is 1. The van der Waals surface area contributed by atoms with Gasteiger partial charge in [-0.1, -0.05) is 6.07 Å². The van der Waals surface area contributed by atoms with Gasteiger partial charge in [0.05, 0.1) is 0 Å². The lowest BCUT2D eigenvalue weighted by Gasteiger charge is -2.15. The minimum Gasteiger partial charge on any atom is -0.273 e. The molecule has 68 valence electrons. The van der Waals surface area contributed by atoms with Crippen LogP contribution in [0.1, 0.15) is 12.1 Å². The molecule has 0 spiro atoms. The van der Waals surface area contributed by atoms with E-state index in [1.807, 2.05) is 25.1 Å². The van der Waals surface area contributed by atoms with E-state index in [0.29, 0.717) is 13.0 Å². The lowest BCUT2D eigenvalue weighted by molar-refractivity contribution is -0.119. The fourth-order valence-corrected chi connectivity index (χ4v) is 1.33. The van der Waals surface area contributed by atoms with Gasteiger partial charge in [-0.25, -0.2) is 4.98 Å². The SMILES string of the molecule is Cc1cccc(N2CCC(=O)N2)n1. The smallest absolute Gasteiger partial charge is 0.240 e. The lowest BCUT2D eigenvalue weighted by Crippen LogP contribution is -2.33. The number of aryl methyl sites for hydroxylation is 1.